The molecule has 0 radical (unpaired) electrons. The summed E-state index contributed by atoms with van der Waals surface area (Å²) in [5, 5.41) is 20.1. The second-order valence-corrected chi connectivity index (χ2v) is 6.40. The van der Waals surface area contributed by atoms with Gasteiger partial charge in [-0.1, -0.05) is 42.5 Å². The molecule has 0 saturated heterocycles. The fourth-order valence-electron chi connectivity index (χ4n) is 3.01. The van der Waals surface area contributed by atoms with Crippen molar-refractivity contribution in [2.45, 2.75) is 6.92 Å². The van der Waals surface area contributed by atoms with Crippen LogP contribution in [0.5, 0.6) is 11.5 Å². The van der Waals surface area contributed by atoms with Crippen molar-refractivity contribution in [2.24, 2.45) is 0 Å². The Balaban J connectivity index is 1.62. The number of hydrogen-bond acceptors (Lipinski definition) is 4. The van der Waals surface area contributed by atoms with Crippen LogP contribution in [0, 0.1) is 6.92 Å². The van der Waals surface area contributed by atoms with Gasteiger partial charge < -0.3 is 10.2 Å². The van der Waals surface area contributed by atoms with Gasteiger partial charge in [0.1, 0.15) is 11.5 Å². The van der Waals surface area contributed by atoms with Crippen LogP contribution in [-0.4, -0.2) is 20.2 Å². The molecule has 0 spiro atoms. The SMILES string of the molecule is Cc1ccc(-c2ccc(-c3ccc(-c4ccccc4O)cn3)nc2)c(O)c1. The monoisotopic (exact) mass is 354 g/mol. The minimum Gasteiger partial charge on any atom is -0.507 e. The molecule has 0 unspecified atom stereocenters. The first-order chi connectivity index (χ1) is 13.1. The predicted octanol–water partition coefficient (Wildman–Crippen LogP) is 5.20. The molecule has 27 heavy (non-hydrogen) atoms. The Morgan fingerprint density at radius 1 is 0.630 bits per heavy atom. The van der Waals surface area contributed by atoms with Crippen LogP contribution in [0.4, 0.5) is 0 Å². The number of hydrogen-bond donors (Lipinski definition) is 2. The van der Waals surface area contributed by atoms with E-state index in [1.165, 1.54) is 0 Å². The number of benzene rings is 2. The molecule has 2 aromatic carbocycles. The maximum atomic E-state index is 10.1. The summed E-state index contributed by atoms with van der Waals surface area (Å²) in [6.45, 7) is 1.94. The summed E-state index contributed by atoms with van der Waals surface area (Å²) in [7, 11) is 0. The number of nitrogens with zero attached hydrogens (tertiary/aromatic N) is 2. The molecule has 2 aromatic heterocycles. The highest BCUT2D eigenvalue weighted by atomic mass is 16.3. The summed E-state index contributed by atoms with van der Waals surface area (Å²) in [6, 6.07) is 20.4. The molecule has 0 aliphatic heterocycles. The van der Waals surface area contributed by atoms with E-state index in [4.69, 9.17) is 0 Å². The summed E-state index contributed by atoms with van der Waals surface area (Å²) in [4.78, 5) is 8.96. The Hall–Kier alpha value is -3.66. The first-order valence-corrected chi connectivity index (χ1v) is 8.62. The largest absolute Gasteiger partial charge is 0.507 e. The van der Waals surface area contributed by atoms with E-state index in [0.29, 0.717) is 0 Å². The predicted molar refractivity (Wildman–Crippen MR) is 106 cm³/mol. The quantitative estimate of drug-likeness (QED) is 0.531. The Morgan fingerprint density at radius 2 is 1.22 bits per heavy atom. The number of phenolic OH excluding ortho intramolecular Hbond substituents is 2. The molecule has 0 bridgehead atoms. The molecule has 132 valence electrons. The van der Waals surface area contributed by atoms with Gasteiger partial charge >= 0.3 is 0 Å². The highest BCUT2D eigenvalue weighted by molar-refractivity contribution is 5.73. The lowest BCUT2D eigenvalue weighted by Gasteiger charge is -2.08. The maximum Gasteiger partial charge on any atom is 0.123 e. The van der Waals surface area contributed by atoms with Crippen LogP contribution in [-0.2, 0) is 0 Å². The number of phenols is 2. The Bertz CT molecular complexity index is 1090. The van der Waals surface area contributed by atoms with E-state index >= 15 is 0 Å². The zero-order valence-corrected chi connectivity index (χ0v) is 14.8. The molecule has 4 nitrogen and oxygen atoms in total. The second-order valence-electron chi connectivity index (χ2n) is 6.40. The number of aromatic nitrogens is 2. The lowest BCUT2D eigenvalue weighted by atomic mass is 10.0. The third-order valence-electron chi connectivity index (χ3n) is 4.47. The highest BCUT2D eigenvalue weighted by Gasteiger charge is 2.08. The van der Waals surface area contributed by atoms with Crippen molar-refractivity contribution in [1.29, 1.82) is 0 Å². The van der Waals surface area contributed by atoms with Gasteiger partial charge in [-0.25, -0.2) is 0 Å². The smallest absolute Gasteiger partial charge is 0.123 e. The molecule has 0 saturated carbocycles. The Labute approximate surface area is 157 Å². The Morgan fingerprint density at radius 3 is 1.74 bits per heavy atom. The zero-order valence-electron chi connectivity index (χ0n) is 14.8. The van der Waals surface area contributed by atoms with Crippen molar-refractivity contribution >= 4 is 0 Å². The van der Waals surface area contributed by atoms with Gasteiger partial charge in [-0.3, -0.25) is 9.97 Å². The molecule has 0 fully saturated rings. The van der Waals surface area contributed by atoms with Crippen LogP contribution >= 0.6 is 0 Å². The summed E-state index contributed by atoms with van der Waals surface area (Å²) in [5.74, 6) is 0.474. The van der Waals surface area contributed by atoms with Gasteiger partial charge in [0.05, 0.1) is 11.4 Å². The normalized spacial score (nSPS) is 10.7. The van der Waals surface area contributed by atoms with Crippen molar-refractivity contribution in [3.05, 3.63) is 84.7 Å². The molecule has 0 aliphatic rings. The zero-order chi connectivity index (χ0) is 18.8. The first-order valence-electron chi connectivity index (χ1n) is 8.62. The van der Waals surface area contributed by atoms with E-state index in [-0.39, 0.29) is 11.5 Å². The van der Waals surface area contributed by atoms with Gasteiger partial charge in [0, 0.05) is 34.6 Å². The molecule has 2 heterocycles. The van der Waals surface area contributed by atoms with Crippen LogP contribution < -0.4 is 0 Å². The molecule has 4 heteroatoms. The van der Waals surface area contributed by atoms with Crippen LogP contribution in [0.25, 0.3) is 33.6 Å². The van der Waals surface area contributed by atoms with E-state index in [9.17, 15) is 10.2 Å². The first kappa shape index (κ1) is 16.8. The van der Waals surface area contributed by atoms with Crippen molar-refractivity contribution in [1.82, 2.24) is 9.97 Å². The second kappa shape index (κ2) is 6.92. The topological polar surface area (TPSA) is 66.2 Å². The van der Waals surface area contributed by atoms with Gasteiger partial charge in [0.25, 0.3) is 0 Å². The standard InChI is InChI=1S/C23H18N2O2/c1-15-6-9-19(23(27)12-15)17-8-11-21(25-14-17)20-10-7-16(13-24-20)18-4-2-3-5-22(18)26/h2-14,26-27H,1H3. The van der Waals surface area contributed by atoms with E-state index < -0.39 is 0 Å². The fraction of sp³-hybridized carbons (Fsp3) is 0.0435. The summed E-state index contributed by atoms with van der Waals surface area (Å²) >= 11 is 0. The molecule has 0 atom stereocenters. The van der Waals surface area contributed by atoms with E-state index in [0.717, 1.165) is 39.2 Å². The van der Waals surface area contributed by atoms with E-state index in [1.54, 1.807) is 30.6 Å². The average Bonchev–Trinajstić information content (AvgIpc) is 2.69. The lowest BCUT2D eigenvalue weighted by Crippen LogP contribution is -1.89. The highest BCUT2D eigenvalue weighted by Crippen LogP contribution is 2.31. The van der Waals surface area contributed by atoms with Crippen LogP contribution in [0.2, 0.25) is 0 Å². The van der Waals surface area contributed by atoms with Gasteiger partial charge in [-0.15, -0.1) is 0 Å². The van der Waals surface area contributed by atoms with Crippen LogP contribution in [0.15, 0.2) is 79.1 Å². The summed E-state index contributed by atoms with van der Waals surface area (Å²) < 4.78 is 0. The maximum absolute atomic E-state index is 10.1. The average molecular weight is 354 g/mol. The molecule has 4 aromatic rings. The summed E-state index contributed by atoms with van der Waals surface area (Å²) in [6.07, 6.45) is 3.46. The molecule has 4 rings (SSSR count). The number of aryl methyl sites for hydroxylation is 1. The van der Waals surface area contributed by atoms with E-state index in [2.05, 4.69) is 9.97 Å². The molecular formula is C23H18N2O2. The fourth-order valence-corrected chi connectivity index (χ4v) is 3.01. The minimum atomic E-state index is 0.229. The number of aromatic hydroxyl groups is 2. The molecule has 2 N–H and O–H groups in total. The van der Waals surface area contributed by atoms with Gasteiger partial charge in [-0.05, 0) is 36.8 Å². The van der Waals surface area contributed by atoms with Gasteiger partial charge in [0.15, 0.2) is 0 Å². The van der Waals surface area contributed by atoms with Crippen molar-refractivity contribution in [3.8, 4) is 45.1 Å². The van der Waals surface area contributed by atoms with Gasteiger partial charge in [0.2, 0.25) is 0 Å². The van der Waals surface area contributed by atoms with Crippen molar-refractivity contribution in [2.75, 3.05) is 0 Å². The number of para-hydroxylation sites is 1. The van der Waals surface area contributed by atoms with Crippen LogP contribution in [0.1, 0.15) is 5.56 Å². The third kappa shape index (κ3) is 3.37. The third-order valence-corrected chi connectivity index (χ3v) is 4.47. The van der Waals surface area contributed by atoms with Crippen molar-refractivity contribution in [3.63, 3.8) is 0 Å². The van der Waals surface area contributed by atoms with Crippen LogP contribution in [0.3, 0.4) is 0 Å². The van der Waals surface area contributed by atoms with Crippen molar-refractivity contribution < 1.29 is 10.2 Å². The number of pyridine rings is 2. The molecule has 0 amide bonds. The van der Waals surface area contributed by atoms with Gasteiger partial charge in [-0.2, -0.15) is 0 Å². The minimum absolute atomic E-state index is 0.229. The Kier molecular flexibility index (Phi) is 4.30. The van der Waals surface area contributed by atoms with E-state index in [1.807, 2.05) is 55.5 Å². The molecular weight excluding hydrogens is 336 g/mol. The lowest BCUT2D eigenvalue weighted by molar-refractivity contribution is 0.476. The molecule has 0 aliphatic carbocycles. The number of rotatable bonds is 3. The summed E-state index contributed by atoms with van der Waals surface area (Å²) in [5.41, 5.74) is 5.69.